The van der Waals surface area contributed by atoms with Crippen LogP contribution in [0.2, 0.25) is 0 Å². The number of carbonyl (C=O) groups is 1. The molecule has 0 aliphatic rings. The molecular formula is C25H26N2O3. The van der Waals surface area contributed by atoms with Gasteiger partial charge in [0.25, 0.3) is 0 Å². The summed E-state index contributed by atoms with van der Waals surface area (Å²) < 4.78 is 11.2. The van der Waals surface area contributed by atoms with Gasteiger partial charge in [-0.15, -0.1) is 0 Å². The fraction of sp³-hybridized carbons (Fsp3) is 0.160. The molecule has 0 bridgehead atoms. The largest absolute Gasteiger partial charge is 0.493 e. The van der Waals surface area contributed by atoms with Crippen LogP contribution in [0.25, 0.3) is 0 Å². The minimum atomic E-state index is -0.127. The van der Waals surface area contributed by atoms with Crippen LogP contribution in [0.1, 0.15) is 5.56 Å². The average molecular weight is 402 g/mol. The number of carbonyl (C=O) groups excluding carboxylic acids is 1. The molecule has 3 aromatic carbocycles. The molecule has 0 aliphatic carbocycles. The topological polar surface area (TPSA) is 59.6 Å². The Balaban J connectivity index is 1.38. The predicted molar refractivity (Wildman–Crippen MR) is 121 cm³/mol. The molecule has 5 nitrogen and oxygen atoms in total. The zero-order valence-corrected chi connectivity index (χ0v) is 16.8. The summed E-state index contributed by atoms with van der Waals surface area (Å²) in [6.07, 6.45) is 2.55. The third-order valence-electron chi connectivity index (χ3n) is 4.32. The molecule has 0 aliphatic heterocycles. The van der Waals surface area contributed by atoms with Gasteiger partial charge in [0, 0.05) is 17.8 Å². The van der Waals surface area contributed by atoms with Crippen LogP contribution in [0.4, 0.5) is 11.4 Å². The van der Waals surface area contributed by atoms with E-state index in [0.29, 0.717) is 13.2 Å². The van der Waals surface area contributed by atoms with Crippen molar-refractivity contribution < 1.29 is 14.3 Å². The van der Waals surface area contributed by atoms with Crippen LogP contribution in [0.3, 0.4) is 0 Å². The minimum Gasteiger partial charge on any atom is -0.493 e. The number of anilines is 2. The van der Waals surface area contributed by atoms with Gasteiger partial charge in [-0.1, -0.05) is 43.0 Å². The van der Waals surface area contributed by atoms with Crippen molar-refractivity contribution in [3.8, 4) is 11.5 Å². The van der Waals surface area contributed by atoms with Crippen molar-refractivity contribution in [2.24, 2.45) is 0 Å². The maximum Gasteiger partial charge on any atom is 0.243 e. The summed E-state index contributed by atoms with van der Waals surface area (Å²) in [6, 6.07) is 25.1. The molecule has 0 spiro atoms. The highest BCUT2D eigenvalue weighted by molar-refractivity contribution is 5.93. The van der Waals surface area contributed by atoms with Crippen LogP contribution in [0.15, 0.2) is 91.5 Å². The van der Waals surface area contributed by atoms with Crippen molar-refractivity contribution in [3.05, 3.63) is 97.1 Å². The summed E-state index contributed by atoms with van der Waals surface area (Å²) in [4.78, 5) is 12.1. The second kappa shape index (κ2) is 11.3. The highest BCUT2D eigenvalue weighted by atomic mass is 16.5. The Labute approximate surface area is 177 Å². The van der Waals surface area contributed by atoms with Gasteiger partial charge in [-0.25, -0.2) is 0 Å². The van der Waals surface area contributed by atoms with Crippen LogP contribution >= 0.6 is 0 Å². The van der Waals surface area contributed by atoms with Crippen molar-refractivity contribution in [1.82, 2.24) is 0 Å². The number of rotatable bonds is 11. The molecule has 2 N–H and O–H groups in total. The molecule has 0 heterocycles. The summed E-state index contributed by atoms with van der Waals surface area (Å²) >= 11 is 0. The van der Waals surface area contributed by atoms with E-state index in [-0.39, 0.29) is 12.5 Å². The highest BCUT2D eigenvalue weighted by Gasteiger charge is 2.03. The van der Waals surface area contributed by atoms with Gasteiger partial charge in [-0.05, 0) is 54.1 Å². The van der Waals surface area contributed by atoms with Gasteiger partial charge in [0.15, 0.2) is 0 Å². The average Bonchev–Trinajstić information content (AvgIpc) is 2.79. The van der Waals surface area contributed by atoms with E-state index in [4.69, 9.17) is 9.47 Å². The standard InChI is InChI=1S/C25H26N2O3/c1-2-17-29-23-14-10-22(11-15-23)27-25(28)19-26-21-8-12-24(13-9-21)30-18-16-20-6-4-3-5-7-20/h2-15,26H,1,16-19H2,(H,27,28). The lowest BCUT2D eigenvalue weighted by Crippen LogP contribution is -2.21. The summed E-state index contributed by atoms with van der Waals surface area (Å²) in [5.41, 5.74) is 2.82. The first-order valence-corrected chi connectivity index (χ1v) is 9.87. The molecule has 5 heteroatoms. The molecule has 0 aromatic heterocycles. The van der Waals surface area contributed by atoms with E-state index in [1.165, 1.54) is 5.56 Å². The molecule has 154 valence electrons. The van der Waals surface area contributed by atoms with Crippen molar-refractivity contribution in [2.75, 3.05) is 30.4 Å². The Morgan fingerprint density at radius 1 is 0.833 bits per heavy atom. The second-order valence-electron chi connectivity index (χ2n) is 6.63. The van der Waals surface area contributed by atoms with Crippen molar-refractivity contribution >= 4 is 17.3 Å². The lowest BCUT2D eigenvalue weighted by molar-refractivity contribution is -0.114. The van der Waals surface area contributed by atoms with Crippen LogP contribution < -0.4 is 20.1 Å². The van der Waals surface area contributed by atoms with E-state index in [1.54, 1.807) is 18.2 Å². The zero-order valence-electron chi connectivity index (χ0n) is 16.8. The Hall–Kier alpha value is -3.73. The first kappa shape index (κ1) is 21.0. The molecule has 0 radical (unpaired) electrons. The number of amides is 1. The Morgan fingerprint density at radius 2 is 1.47 bits per heavy atom. The Morgan fingerprint density at radius 3 is 2.13 bits per heavy atom. The molecule has 0 saturated heterocycles. The Kier molecular flexibility index (Phi) is 7.92. The molecular weight excluding hydrogens is 376 g/mol. The molecule has 0 saturated carbocycles. The van der Waals surface area contributed by atoms with E-state index in [2.05, 4.69) is 29.3 Å². The first-order chi connectivity index (χ1) is 14.7. The fourth-order valence-corrected chi connectivity index (χ4v) is 2.78. The lowest BCUT2D eigenvalue weighted by Gasteiger charge is -2.10. The summed E-state index contributed by atoms with van der Waals surface area (Å²) in [6.45, 7) is 4.85. The van der Waals surface area contributed by atoms with Crippen molar-refractivity contribution in [3.63, 3.8) is 0 Å². The normalized spacial score (nSPS) is 10.1. The van der Waals surface area contributed by atoms with Crippen LogP contribution in [-0.4, -0.2) is 25.7 Å². The highest BCUT2D eigenvalue weighted by Crippen LogP contribution is 2.17. The van der Waals surface area contributed by atoms with Crippen molar-refractivity contribution in [1.29, 1.82) is 0 Å². The molecule has 30 heavy (non-hydrogen) atoms. The first-order valence-electron chi connectivity index (χ1n) is 9.87. The van der Waals surface area contributed by atoms with Crippen LogP contribution in [-0.2, 0) is 11.2 Å². The quantitative estimate of drug-likeness (QED) is 0.447. The third-order valence-corrected chi connectivity index (χ3v) is 4.32. The predicted octanol–water partition coefficient (Wildman–Crippen LogP) is 4.92. The van der Waals surface area contributed by atoms with E-state index in [1.807, 2.05) is 54.6 Å². The van der Waals surface area contributed by atoms with E-state index >= 15 is 0 Å². The van der Waals surface area contributed by atoms with Gasteiger partial charge < -0.3 is 20.1 Å². The Bertz CT molecular complexity index is 923. The van der Waals surface area contributed by atoms with Gasteiger partial charge in [0.2, 0.25) is 5.91 Å². The number of hydrogen-bond acceptors (Lipinski definition) is 4. The van der Waals surface area contributed by atoms with Gasteiger partial charge in [-0.3, -0.25) is 4.79 Å². The van der Waals surface area contributed by atoms with Crippen LogP contribution in [0.5, 0.6) is 11.5 Å². The molecule has 3 aromatic rings. The van der Waals surface area contributed by atoms with E-state index in [9.17, 15) is 4.79 Å². The lowest BCUT2D eigenvalue weighted by atomic mass is 10.2. The smallest absolute Gasteiger partial charge is 0.243 e. The fourth-order valence-electron chi connectivity index (χ4n) is 2.78. The van der Waals surface area contributed by atoms with Crippen LogP contribution in [0, 0.1) is 0 Å². The number of ether oxygens (including phenoxy) is 2. The second-order valence-corrected chi connectivity index (χ2v) is 6.63. The minimum absolute atomic E-state index is 0.127. The summed E-state index contributed by atoms with van der Waals surface area (Å²) in [7, 11) is 0. The summed E-state index contributed by atoms with van der Waals surface area (Å²) in [5, 5.41) is 5.96. The monoisotopic (exact) mass is 402 g/mol. The van der Waals surface area contributed by atoms with Gasteiger partial charge in [0.05, 0.1) is 13.2 Å². The summed E-state index contributed by atoms with van der Waals surface area (Å²) in [5.74, 6) is 1.41. The molecule has 3 rings (SSSR count). The zero-order chi connectivity index (χ0) is 21.0. The number of nitrogens with one attached hydrogen (secondary N) is 2. The van der Waals surface area contributed by atoms with E-state index in [0.717, 1.165) is 29.3 Å². The van der Waals surface area contributed by atoms with Gasteiger partial charge in [0.1, 0.15) is 18.1 Å². The SMILES string of the molecule is C=CCOc1ccc(NC(=O)CNc2ccc(OCCc3ccccc3)cc2)cc1. The third kappa shape index (κ3) is 7.02. The number of benzene rings is 3. The van der Waals surface area contributed by atoms with Gasteiger partial charge >= 0.3 is 0 Å². The maximum absolute atomic E-state index is 12.1. The maximum atomic E-state index is 12.1. The van der Waals surface area contributed by atoms with E-state index < -0.39 is 0 Å². The van der Waals surface area contributed by atoms with Gasteiger partial charge in [-0.2, -0.15) is 0 Å². The molecule has 1 amide bonds. The molecule has 0 fully saturated rings. The molecule has 0 unspecified atom stereocenters. The molecule has 0 atom stereocenters. The number of hydrogen-bond donors (Lipinski definition) is 2. The van der Waals surface area contributed by atoms with Crippen molar-refractivity contribution in [2.45, 2.75) is 6.42 Å².